The Balaban J connectivity index is 1.80. The van der Waals surface area contributed by atoms with E-state index in [1.165, 1.54) is 5.56 Å². The molecule has 1 atom stereocenters. The zero-order valence-corrected chi connectivity index (χ0v) is 12.4. The Morgan fingerprint density at radius 2 is 1.64 bits per heavy atom. The molecular weight excluding hydrogens is 270 g/mol. The quantitative estimate of drug-likeness (QED) is 0.670. The van der Waals surface area contributed by atoms with Crippen molar-refractivity contribution in [1.82, 2.24) is 9.97 Å². The summed E-state index contributed by atoms with van der Waals surface area (Å²) >= 11 is 0. The number of benzene rings is 1. The smallest absolute Gasteiger partial charge is 0.0894 e. The molecule has 2 aromatic heterocycles. The fourth-order valence-corrected chi connectivity index (χ4v) is 2.19. The van der Waals surface area contributed by atoms with Gasteiger partial charge >= 0.3 is 0 Å². The second kappa shape index (κ2) is 6.76. The number of aromatic nitrogens is 2. The molecule has 0 aliphatic rings. The number of rotatable bonds is 4. The van der Waals surface area contributed by atoms with Gasteiger partial charge in [-0.15, -0.1) is 0 Å². The van der Waals surface area contributed by atoms with E-state index >= 15 is 0 Å². The molecule has 0 aliphatic carbocycles. The van der Waals surface area contributed by atoms with Gasteiger partial charge in [0.25, 0.3) is 0 Å². The second-order valence-electron chi connectivity index (χ2n) is 5.03. The van der Waals surface area contributed by atoms with E-state index in [4.69, 9.17) is 0 Å². The summed E-state index contributed by atoms with van der Waals surface area (Å²) in [6.45, 7) is 2.08. The van der Waals surface area contributed by atoms with Crippen LogP contribution in [0.3, 0.4) is 0 Å². The first-order valence-corrected chi connectivity index (χ1v) is 7.29. The van der Waals surface area contributed by atoms with Crippen LogP contribution in [0.15, 0.2) is 77.9 Å². The Bertz CT molecular complexity index is 752. The van der Waals surface area contributed by atoms with Gasteiger partial charge in [0.1, 0.15) is 0 Å². The predicted molar refractivity (Wildman–Crippen MR) is 89.9 cm³/mol. The third-order valence-corrected chi connectivity index (χ3v) is 3.41. The maximum absolute atomic E-state index is 4.60. The normalized spacial score (nSPS) is 12.4. The SMILES string of the molecule is C[C@H](N=Cc1cccc(-c2ccccn2)n1)c1ccccc1. The molecule has 0 saturated heterocycles. The summed E-state index contributed by atoms with van der Waals surface area (Å²) in [5.41, 5.74) is 3.76. The highest BCUT2D eigenvalue weighted by molar-refractivity contribution is 5.78. The van der Waals surface area contributed by atoms with Gasteiger partial charge in [-0.1, -0.05) is 42.5 Å². The van der Waals surface area contributed by atoms with Crippen molar-refractivity contribution in [2.75, 3.05) is 0 Å². The van der Waals surface area contributed by atoms with Gasteiger partial charge in [0.15, 0.2) is 0 Å². The first-order valence-electron chi connectivity index (χ1n) is 7.29. The molecule has 0 amide bonds. The zero-order valence-electron chi connectivity index (χ0n) is 12.4. The highest BCUT2D eigenvalue weighted by Crippen LogP contribution is 2.16. The fraction of sp³-hybridized carbons (Fsp3) is 0.105. The minimum atomic E-state index is 0.113. The molecule has 0 fully saturated rings. The van der Waals surface area contributed by atoms with E-state index in [2.05, 4.69) is 34.0 Å². The average molecular weight is 287 g/mol. The lowest BCUT2D eigenvalue weighted by molar-refractivity contribution is 0.824. The van der Waals surface area contributed by atoms with Crippen molar-refractivity contribution >= 4 is 6.21 Å². The van der Waals surface area contributed by atoms with Gasteiger partial charge in [-0.25, -0.2) is 4.98 Å². The lowest BCUT2D eigenvalue weighted by atomic mass is 10.1. The molecule has 2 heterocycles. The van der Waals surface area contributed by atoms with Gasteiger partial charge in [0, 0.05) is 12.4 Å². The van der Waals surface area contributed by atoms with Crippen molar-refractivity contribution < 1.29 is 0 Å². The van der Waals surface area contributed by atoms with Gasteiger partial charge in [0.05, 0.1) is 23.1 Å². The fourth-order valence-electron chi connectivity index (χ4n) is 2.19. The monoisotopic (exact) mass is 287 g/mol. The molecule has 0 unspecified atom stereocenters. The minimum Gasteiger partial charge on any atom is -0.283 e. The van der Waals surface area contributed by atoms with Gasteiger partial charge in [-0.05, 0) is 36.8 Å². The standard InChI is InChI=1S/C19H17N3/c1-15(16-8-3-2-4-9-16)21-14-17-10-7-12-19(22-17)18-11-5-6-13-20-18/h2-15H,1H3/t15-/m0/s1. The first kappa shape index (κ1) is 14.1. The molecule has 3 aromatic rings. The molecule has 0 radical (unpaired) electrons. The van der Waals surface area contributed by atoms with E-state index < -0.39 is 0 Å². The van der Waals surface area contributed by atoms with Crippen LogP contribution in [0.1, 0.15) is 24.2 Å². The van der Waals surface area contributed by atoms with Crippen LogP contribution in [-0.2, 0) is 0 Å². The van der Waals surface area contributed by atoms with Crippen molar-refractivity contribution in [3.8, 4) is 11.4 Å². The molecule has 3 nitrogen and oxygen atoms in total. The van der Waals surface area contributed by atoms with E-state index in [-0.39, 0.29) is 6.04 Å². The van der Waals surface area contributed by atoms with Crippen LogP contribution in [0.25, 0.3) is 11.4 Å². The van der Waals surface area contributed by atoms with E-state index in [9.17, 15) is 0 Å². The second-order valence-corrected chi connectivity index (χ2v) is 5.03. The third-order valence-electron chi connectivity index (χ3n) is 3.41. The van der Waals surface area contributed by atoms with E-state index in [1.54, 1.807) is 6.20 Å². The Morgan fingerprint density at radius 1 is 0.864 bits per heavy atom. The average Bonchev–Trinajstić information content (AvgIpc) is 2.61. The molecule has 108 valence electrons. The van der Waals surface area contributed by atoms with E-state index in [0.29, 0.717) is 0 Å². The molecule has 0 bridgehead atoms. The van der Waals surface area contributed by atoms with Crippen LogP contribution in [-0.4, -0.2) is 16.2 Å². The molecule has 22 heavy (non-hydrogen) atoms. The summed E-state index contributed by atoms with van der Waals surface area (Å²) in [6.07, 6.45) is 3.60. The Kier molecular flexibility index (Phi) is 4.35. The summed E-state index contributed by atoms with van der Waals surface area (Å²) in [6, 6.07) is 22.1. The molecule has 0 N–H and O–H groups in total. The lowest BCUT2D eigenvalue weighted by Crippen LogP contribution is -1.94. The highest BCUT2D eigenvalue weighted by Gasteiger charge is 2.03. The minimum absolute atomic E-state index is 0.113. The van der Waals surface area contributed by atoms with Crippen molar-refractivity contribution in [3.63, 3.8) is 0 Å². The van der Waals surface area contributed by atoms with Crippen molar-refractivity contribution in [1.29, 1.82) is 0 Å². The molecule has 0 spiro atoms. The van der Waals surface area contributed by atoms with Crippen LogP contribution in [0.5, 0.6) is 0 Å². The van der Waals surface area contributed by atoms with Crippen LogP contribution in [0.2, 0.25) is 0 Å². The maximum atomic E-state index is 4.60. The summed E-state index contributed by atoms with van der Waals surface area (Å²) in [5.74, 6) is 0. The largest absolute Gasteiger partial charge is 0.283 e. The number of aliphatic imine (C=N–C) groups is 1. The first-order chi connectivity index (χ1) is 10.8. The van der Waals surface area contributed by atoms with Gasteiger partial charge in [0.2, 0.25) is 0 Å². The number of nitrogens with zero attached hydrogens (tertiary/aromatic N) is 3. The van der Waals surface area contributed by atoms with Crippen LogP contribution >= 0.6 is 0 Å². The van der Waals surface area contributed by atoms with Crippen molar-refractivity contribution in [3.05, 3.63) is 84.2 Å². The van der Waals surface area contributed by atoms with Crippen LogP contribution in [0.4, 0.5) is 0 Å². The van der Waals surface area contributed by atoms with Crippen molar-refractivity contribution in [2.45, 2.75) is 13.0 Å². The van der Waals surface area contributed by atoms with E-state index in [1.807, 2.05) is 60.8 Å². The van der Waals surface area contributed by atoms with Crippen molar-refractivity contribution in [2.24, 2.45) is 4.99 Å². The Hall–Kier alpha value is -2.81. The maximum Gasteiger partial charge on any atom is 0.0894 e. The molecule has 0 aliphatic heterocycles. The van der Waals surface area contributed by atoms with Gasteiger partial charge in [-0.2, -0.15) is 0 Å². The third kappa shape index (κ3) is 3.44. The molecule has 3 heteroatoms. The summed E-state index contributed by atoms with van der Waals surface area (Å²) in [7, 11) is 0. The Morgan fingerprint density at radius 3 is 2.41 bits per heavy atom. The number of hydrogen-bond acceptors (Lipinski definition) is 3. The molecule has 1 aromatic carbocycles. The highest BCUT2D eigenvalue weighted by atomic mass is 14.8. The van der Waals surface area contributed by atoms with E-state index in [0.717, 1.165) is 17.1 Å². The summed E-state index contributed by atoms with van der Waals surface area (Å²) in [4.78, 5) is 13.5. The zero-order chi connectivity index (χ0) is 15.2. The van der Waals surface area contributed by atoms with Crippen LogP contribution in [0, 0.1) is 0 Å². The summed E-state index contributed by atoms with van der Waals surface area (Å²) in [5, 5.41) is 0. The summed E-state index contributed by atoms with van der Waals surface area (Å²) < 4.78 is 0. The molecular formula is C19H17N3. The lowest BCUT2D eigenvalue weighted by Gasteiger charge is -2.06. The van der Waals surface area contributed by atoms with Gasteiger partial charge in [-0.3, -0.25) is 9.98 Å². The van der Waals surface area contributed by atoms with Gasteiger partial charge < -0.3 is 0 Å². The predicted octanol–water partition coefficient (Wildman–Crippen LogP) is 4.32. The topological polar surface area (TPSA) is 38.1 Å². The molecule has 0 saturated carbocycles. The van der Waals surface area contributed by atoms with Crippen LogP contribution < -0.4 is 0 Å². The Labute approximate surface area is 130 Å². The molecule has 3 rings (SSSR count). The number of hydrogen-bond donors (Lipinski definition) is 0. The number of pyridine rings is 2.